The number of hydrogen-bond acceptors (Lipinski definition) is 1. The average Bonchev–Trinajstić information content (AvgIpc) is 2.65. The molecule has 80 valence electrons. The van der Waals surface area contributed by atoms with Gasteiger partial charge in [-0.1, -0.05) is 25.5 Å². The summed E-state index contributed by atoms with van der Waals surface area (Å²) >= 11 is 0. The van der Waals surface area contributed by atoms with Gasteiger partial charge in [0.2, 0.25) is 0 Å². The number of carbonyl (C=O) groups excluding carboxylic acids is 1. The fourth-order valence-corrected chi connectivity index (χ4v) is 5.67. The van der Waals surface area contributed by atoms with Crippen molar-refractivity contribution < 1.29 is 4.79 Å². The van der Waals surface area contributed by atoms with Crippen molar-refractivity contribution in [3.8, 4) is 0 Å². The van der Waals surface area contributed by atoms with Gasteiger partial charge in [-0.3, -0.25) is 4.79 Å². The molecule has 4 aliphatic rings. The van der Waals surface area contributed by atoms with E-state index in [9.17, 15) is 4.79 Å². The molecule has 4 aliphatic carbocycles. The van der Waals surface area contributed by atoms with E-state index < -0.39 is 0 Å². The van der Waals surface area contributed by atoms with Gasteiger partial charge in [-0.25, -0.2) is 0 Å². The normalized spacial score (nSPS) is 60.0. The van der Waals surface area contributed by atoms with Crippen LogP contribution >= 0.6 is 0 Å². The van der Waals surface area contributed by atoms with Crippen molar-refractivity contribution in [2.24, 2.45) is 28.6 Å². The molecule has 0 radical (unpaired) electrons. The Morgan fingerprint density at radius 1 is 1.40 bits per heavy atom. The molecule has 5 atom stereocenters. The minimum Gasteiger partial charge on any atom is -0.299 e. The van der Waals surface area contributed by atoms with Gasteiger partial charge in [-0.05, 0) is 36.5 Å². The van der Waals surface area contributed by atoms with E-state index in [4.69, 9.17) is 0 Å². The average molecular weight is 202 g/mol. The third-order valence-electron chi connectivity index (χ3n) is 6.16. The molecule has 1 heteroatoms. The molecular weight excluding hydrogens is 184 g/mol. The maximum absolute atomic E-state index is 12.0. The van der Waals surface area contributed by atoms with Gasteiger partial charge >= 0.3 is 0 Å². The molecule has 0 amide bonds. The molecule has 1 spiro atoms. The standard InChI is InChI=1S/C14H18O/c1-8-5-9-3-4-13(2)7-11-12(15)6-10(8)14(9,11)13/h3,8,10-11H,4-7H2,1-2H3/t8-,10?,11-,13+,14?/m0/s1. The van der Waals surface area contributed by atoms with Crippen LogP contribution in [0.1, 0.15) is 39.5 Å². The van der Waals surface area contributed by atoms with E-state index in [-0.39, 0.29) is 0 Å². The quantitative estimate of drug-likeness (QED) is 0.552. The number of allylic oxidation sites excluding steroid dienone is 2. The topological polar surface area (TPSA) is 17.1 Å². The van der Waals surface area contributed by atoms with Crippen LogP contribution in [0.5, 0.6) is 0 Å². The van der Waals surface area contributed by atoms with Gasteiger partial charge in [-0.2, -0.15) is 0 Å². The third-order valence-corrected chi connectivity index (χ3v) is 6.16. The summed E-state index contributed by atoms with van der Waals surface area (Å²) in [6.45, 7) is 4.78. The molecule has 0 saturated heterocycles. The zero-order chi connectivity index (χ0) is 10.4. The van der Waals surface area contributed by atoms with Crippen LogP contribution in [0.25, 0.3) is 0 Å². The second kappa shape index (κ2) is 2.09. The van der Waals surface area contributed by atoms with Gasteiger partial charge in [0.05, 0.1) is 0 Å². The summed E-state index contributed by atoms with van der Waals surface area (Å²) < 4.78 is 0. The van der Waals surface area contributed by atoms with Gasteiger partial charge in [0.25, 0.3) is 0 Å². The summed E-state index contributed by atoms with van der Waals surface area (Å²) in [4.78, 5) is 12.0. The van der Waals surface area contributed by atoms with Crippen molar-refractivity contribution in [3.05, 3.63) is 11.6 Å². The lowest BCUT2D eigenvalue weighted by Gasteiger charge is -2.58. The summed E-state index contributed by atoms with van der Waals surface area (Å²) in [5.74, 6) is 2.45. The zero-order valence-electron chi connectivity index (χ0n) is 9.55. The lowest BCUT2D eigenvalue weighted by molar-refractivity contribution is -0.138. The Morgan fingerprint density at radius 2 is 2.20 bits per heavy atom. The van der Waals surface area contributed by atoms with E-state index in [0.717, 1.165) is 12.3 Å². The fourth-order valence-electron chi connectivity index (χ4n) is 5.67. The molecule has 1 nitrogen and oxygen atoms in total. The van der Waals surface area contributed by atoms with Crippen LogP contribution in [-0.2, 0) is 4.79 Å². The second-order valence-electron chi connectivity index (χ2n) is 6.58. The van der Waals surface area contributed by atoms with Crippen molar-refractivity contribution in [2.45, 2.75) is 39.5 Å². The predicted molar refractivity (Wildman–Crippen MR) is 58.2 cm³/mol. The van der Waals surface area contributed by atoms with E-state index >= 15 is 0 Å². The predicted octanol–water partition coefficient (Wildman–Crippen LogP) is 2.96. The van der Waals surface area contributed by atoms with Crippen LogP contribution in [0.15, 0.2) is 11.6 Å². The molecule has 0 aromatic carbocycles. The molecule has 0 bridgehead atoms. The molecule has 0 aromatic heterocycles. The molecule has 0 heterocycles. The van der Waals surface area contributed by atoms with Crippen LogP contribution in [0.2, 0.25) is 0 Å². The van der Waals surface area contributed by atoms with E-state index in [0.29, 0.717) is 28.4 Å². The van der Waals surface area contributed by atoms with Crippen molar-refractivity contribution in [1.29, 1.82) is 0 Å². The first-order valence-corrected chi connectivity index (χ1v) is 6.32. The van der Waals surface area contributed by atoms with Crippen LogP contribution in [0.3, 0.4) is 0 Å². The molecule has 3 saturated carbocycles. The Hall–Kier alpha value is -0.590. The lowest BCUT2D eigenvalue weighted by atomic mass is 9.44. The molecule has 0 N–H and O–H groups in total. The van der Waals surface area contributed by atoms with Crippen LogP contribution in [0.4, 0.5) is 0 Å². The van der Waals surface area contributed by atoms with Crippen LogP contribution in [0, 0.1) is 28.6 Å². The summed E-state index contributed by atoms with van der Waals surface area (Å²) in [6.07, 6.45) is 7.07. The van der Waals surface area contributed by atoms with Gasteiger partial charge in [0.1, 0.15) is 5.78 Å². The highest BCUT2D eigenvalue weighted by Crippen LogP contribution is 2.81. The molecule has 4 rings (SSSR count). The number of rotatable bonds is 0. The van der Waals surface area contributed by atoms with E-state index in [1.165, 1.54) is 19.3 Å². The van der Waals surface area contributed by atoms with Crippen molar-refractivity contribution >= 4 is 5.78 Å². The first-order chi connectivity index (χ1) is 7.09. The minimum absolute atomic E-state index is 0.365. The van der Waals surface area contributed by atoms with Gasteiger partial charge in [-0.15, -0.1) is 0 Å². The smallest absolute Gasteiger partial charge is 0.137 e. The van der Waals surface area contributed by atoms with Crippen molar-refractivity contribution in [1.82, 2.24) is 0 Å². The molecule has 3 fully saturated rings. The Balaban J connectivity index is 1.95. The highest BCUT2D eigenvalue weighted by molar-refractivity contribution is 5.88. The van der Waals surface area contributed by atoms with Crippen molar-refractivity contribution in [2.75, 3.05) is 0 Å². The molecular formula is C14H18O. The Labute approximate surface area is 90.9 Å². The second-order valence-corrected chi connectivity index (χ2v) is 6.58. The van der Waals surface area contributed by atoms with E-state index in [1.807, 2.05) is 0 Å². The first kappa shape index (κ1) is 8.55. The largest absolute Gasteiger partial charge is 0.299 e. The maximum atomic E-state index is 12.0. The maximum Gasteiger partial charge on any atom is 0.137 e. The summed E-state index contributed by atoms with van der Waals surface area (Å²) in [7, 11) is 0. The molecule has 15 heavy (non-hydrogen) atoms. The number of carbonyl (C=O) groups is 1. The molecule has 0 aromatic rings. The van der Waals surface area contributed by atoms with Gasteiger partial charge < -0.3 is 0 Å². The number of hydrogen-bond donors (Lipinski definition) is 0. The number of Topliss-reactive ketones (excluding diaryl/α,β-unsaturated/α-hetero) is 1. The fraction of sp³-hybridized carbons (Fsp3) is 0.786. The SMILES string of the molecule is C[C@H]1CC2=CC[C@]3(C)C[C@H]4C(=O)CC1C243. The van der Waals surface area contributed by atoms with E-state index in [2.05, 4.69) is 19.9 Å². The van der Waals surface area contributed by atoms with E-state index in [1.54, 1.807) is 5.57 Å². The summed E-state index contributed by atoms with van der Waals surface area (Å²) in [5.41, 5.74) is 2.50. The zero-order valence-corrected chi connectivity index (χ0v) is 9.55. The highest BCUT2D eigenvalue weighted by atomic mass is 16.1. The van der Waals surface area contributed by atoms with Crippen LogP contribution in [-0.4, -0.2) is 5.78 Å². The monoisotopic (exact) mass is 202 g/mol. The molecule has 2 unspecified atom stereocenters. The summed E-state index contributed by atoms with van der Waals surface area (Å²) in [6, 6.07) is 0. The summed E-state index contributed by atoms with van der Waals surface area (Å²) in [5, 5.41) is 0. The molecule has 0 aliphatic heterocycles. The highest BCUT2D eigenvalue weighted by Gasteiger charge is 2.76. The third kappa shape index (κ3) is 0.612. The Kier molecular flexibility index (Phi) is 1.19. The van der Waals surface area contributed by atoms with Crippen molar-refractivity contribution in [3.63, 3.8) is 0 Å². The first-order valence-electron chi connectivity index (χ1n) is 6.32. The Morgan fingerprint density at radius 3 is 3.00 bits per heavy atom. The number of ketones is 1. The van der Waals surface area contributed by atoms with Crippen LogP contribution < -0.4 is 0 Å². The minimum atomic E-state index is 0.365. The van der Waals surface area contributed by atoms with Gasteiger partial charge in [0, 0.05) is 17.8 Å². The van der Waals surface area contributed by atoms with Gasteiger partial charge in [0.15, 0.2) is 0 Å². The Bertz CT molecular complexity index is 408. The lowest BCUT2D eigenvalue weighted by Crippen LogP contribution is -2.55.